The first-order valence-electron chi connectivity index (χ1n) is 7.73. The Balaban J connectivity index is 1.60. The van der Waals surface area contributed by atoms with Gasteiger partial charge in [0.05, 0.1) is 12.2 Å². The summed E-state index contributed by atoms with van der Waals surface area (Å²) in [6.07, 6.45) is 7.26. The van der Waals surface area contributed by atoms with Gasteiger partial charge in [-0.2, -0.15) is 0 Å². The molecule has 0 saturated carbocycles. The lowest BCUT2D eigenvalue weighted by Gasteiger charge is -1.99. The third-order valence-corrected chi connectivity index (χ3v) is 4.47. The molecule has 0 unspecified atom stereocenters. The van der Waals surface area contributed by atoms with Gasteiger partial charge in [0.25, 0.3) is 5.22 Å². The Morgan fingerprint density at radius 3 is 2.73 bits per heavy atom. The van der Waals surface area contributed by atoms with Crippen LogP contribution in [0.1, 0.15) is 5.69 Å². The summed E-state index contributed by atoms with van der Waals surface area (Å²) in [5, 5.41) is 17.5. The zero-order valence-electron chi connectivity index (χ0n) is 13.9. The topological polar surface area (TPSA) is 69.6 Å². The SMILES string of the molecule is C=C/C=C(\C=C)Cn1cc(CSc2nnc(-c3ccc(Cl)cc3)o2)nn1. The van der Waals surface area contributed by atoms with E-state index in [1.54, 1.807) is 29.0 Å². The van der Waals surface area contributed by atoms with Crippen molar-refractivity contribution in [3.63, 3.8) is 0 Å². The minimum Gasteiger partial charge on any atom is -0.411 e. The van der Waals surface area contributed by atoms with E-state index in [1.807, 2.05) is 24.4 Å². The quantitative estimate of drug-likeness (QED) is 0.417. The van der Waals surface area contributed by atoms with Crippen LogP contribution in [0.25, 0.3) is 11.5 Å². The molecule has 3 rings (SSSR count). The first-order chi connectivity index (χ1) is 12.7. The predicted molar refractivity (Wildman–Crippen MR) is 103 cm³/mol. The fraction of sp³-hybridized carbons (Fsp3) is 0.111. The average Bonchev–Trinajstić information content (AvgIpc) is 3.29. The highest BCUT2D eigenvalue weighted by molar-refractivity contribution is 7.98. The zero-order valence-corrected chi connectivity index (χ0v) is 15.5. The number of hydrogen-bond donors (Lipinski definition) is 0. The molecule has 0 saturated heterocycles. The molecule has 1 aromatic carbocycles. The molecule has 0 radical (unpaired) electrons. The van der Waals surface area contributed by atoms with Gasteiger partial charge in [-0.25, -0.2) is 4.68 Å². The molecule has 6 nitrogen and oxygen atoms in total. The number of hydrogen-bond acceptors (Lipinski definition) is 6. The highest BCUT2D eigenvalue weighted by atomic mass is 35.5. The third kappa shape index (κ3) is 4.71. The van der Waals surface area contributed by atoms with Crippen LogP contribution in [0.5, 0.6) is 0 Å². The molecule has 132 valence electrons. The molecular weight excluding hydrogens is 370 g/mol. The number of benzene rings is 1. The number of rotatable bonds is 8. The first kappa shape index (κ1) is 18.2. The van der Waals surface area contributed by atoms with Gasteiger partial charge in [0.2, 0.25) is 5.89 Å². The Hall–Kier alpha value is -2.64. The van der Waals surface area contributed by atoms with Crippen molar-refractivity contribution in [2.24, 2.45) is 0 Å². The molecule has 8 heteroatoms. The second-order valence-electron chi connectivity index (χ2n) is 5.26. The summed E-state index contributed by atoms with van der Waals surface area (Å²) in [5.74, 6) is 1.04. The normalized spacial score (nSPS) is 11.5. The number of aromatic nitrogens is 5. The van der Waals surface area contributed by atoms with Crippen LogP contribution in [-0.2, 0) is 12.3 Å². The first-order valence-corrected chi connectivity index (χ1v) is 9.09. The molecule has 0 atom stereocenters. The molecule has 0 spiro atoms. The minimum absolute atomic E-state index is 0.456. The zero-order chi connectivity index (χ0) is 18.4. The maximum absolute atomic E-state index is 5.88. The molecule has 0 aliphatic rings. The molecule has 2 aromatic heterocycles. The van der Waals surface area contributed by atoms with Crippen molar-refractivity contribution in [3.8, 4) is 11.5 Å². The van der Waals surface area contributed by atoms with Crippen molar-refractivity contribution in [1.29, 1.82) is 0 Å². The van der Waals surface area contributed by atoms with Gasteiger partial charge in [0.1, 0.15) is 0 Å². The maximum atomic E-state index is 5.88. The highest BCUT2D eigenvalue weighted by Crippen LogP contribution is 2.26. The second-order valence-corrected chi connectivity index (χ2v) is 6.62. The monoisotopic (exact) mass is 385 g/mol. The summed E-state index contributed by atoms with van der Waals surface area (Å²) >= 11 is 7.29. The summed E-state index contributed by atoms with van der Waals surface area (Å²) < 4.78 is 7.41. The summed E-state index contributed by atoms with van der Waals surface area (Å²) in [5.41, 5.74) is 2.66. The Kier molecular flexibility index (Phi) is 6.04. The van der Waals surface area contributed by atoms with E-state index in [0.717, 1.165) is 16.8 Å². The van der Waals surface area contributed by atoms with Gasteiger partial charge in [-0.1, -0.05) is 60.0 Å². The van der Waals surface area contributed by atoms with E-state index in [0.29, 0.717) is 28.4 Å². The molecule has 26 heavy (non-hydrogen) atoms. The fourth-order valence-corrected chi connectivity index (χ4v) is 2.88. The van der Waals surface area contributed by atoms with Crippen LogP contribution in [0.2, 0.25) is 5.02 Å². The molecule has 0 fully saturated rings. The van der Waals surface area contributed by atoms with Gasteiger partial charge in [-0.15, -0.1) is 15.3 Å². The Bertz CT molecular complexity index is 929. The van der Waals surface area contributed by atoms with Gasteiger partial charge in [-0.05, 0) is 29.8 Å². The Morgan fingerprint density at radius 2 is 2.00 bits per heavy atom. The van der Waals surface area contributed by atoms with Gasteiger partial charge >= 0.3 is 0 Å². The van der Waals surface area contributed by atoms with Crippen molar-refractivity contribution in [2.45, 2.75) is 17.5 Å². The molecular formula is C18H16ClN5OS. The molecule has 3 aromatic rings. The fourth-order valence-electron chi connectivity index (χ4n) is 2.12. The van der Waals surface area contributed by atoms with Crippen molar-refractivity contribution in [2.75, 3.05) is 0 Å². The van der Waals surface area contributed by atoms with Crippen LogP contribution in [-0.4, -0.2) is 25.2 Å². The van der Waals surface area contributed by atoms with Gasteiger partial charge < -0.3 is 4.42 Å². The van der Waals surface area contributed by atoms with Crippen LogP contribution >= 0.6 is 23.4 Å². The lowest BCUT2D eigenvalue weighted by Crippen LogP contribution is -2.00. The standard InChI is InChI=1S/C18H16ClN5OS/c1-3-5-13(4-2)10-24-11-16(20-23-24)12-26-18-22-21-17(25-18)14-6-8-15(19)9-7-14/h3-9,11H,1-2,10,12H2/b13-5+. The van der Waals surface area contributed by atoms with E-state index >= 15 is 0 Å². The third-order valence-electron chi connectivity index (χ3n) is 3.37. The molecule has 0 bridgehead atoms. The van der Waals surface area contributed by atoms with E-state index in [-0.39, 0.29) is 0 Å². The lowest BCUT2D eigenvalue weighted by molar-refractivity contribution is 0.466. The summed E-state index contributed by atoms with van der Waals surface area (Å²) in [6, 6.07) is 7.24. The molecule has 0 aliphatic carbocycles. The molecule has 0 N–H and O–H groups in total. The average molecular weight is 386 g/mol. The van der Waals surface area contributed by atoms with Crippen molar-refractivity contribution >= 4 is 23.4 Å². The number of thioether (sulfide) groups is 1. The van der Waals surface area contributed by atoms with E-state index in [2.05, 4.69) is 33.7 Å². The smallest absolute Gasteiger partial charge is 0.277 e. The number of allylic oxidation sites excluding steroid dienone is 4. The highest BCUT2D eigenvalue weighted by Gasteiger charge is 2.10. The van der Waals surface area contributed by atoms with Crippen LogP contribution in [0.3, 0.4) is 0 Å². The summed E-state index contributed by atoms with van der Waals surface area (Å²) in [6.45, 7) is 8.05. The van der Waals surface area contributed by atoms with E-state index < -0.39 is 0 Å². The van der Waals surface area contributed by atoms with Crippen molar-refractivity contribution in [1.82, 2.24) is 25.2 Å². The number of halogens is 1. The molecule has 0 aliphatic heterocycles. The summed E-state index contributed by atoms with van der Waals surface area (Å²) in [7, 11) is 0. The molecule has 2 heterocycles. The summed E-state index contributed by atoms with van der Waals surface area (Å²) in [4.78, 5) is 0. The lowest BCUT2D eigenvalue weighted by atomic mass is 10.2. The minimum atomic E-state index is 0.456. The van der Waals surface area contributed by atoms with Crippen LogP contribution < -0.4 is 0 Å². The van der Waals surface area contributed by atoms with Gasteiger partial charge in [0, 0.05) is 22.5 Å². The van der Waals surface area contributed by atoms with Gasteiger partial charge in [-0.3, -0.25) is 0 Å². The second kappa shape index (κ2) is 8.64. The van der Waals surface area contributed by atoms with Crippen LogP contribution in [0.15, 0.2) is 77.1 Å². The predicted octanol–water partition coefficient (Wildman–Crippen LogP) is 4.57. The van der Waals surface area contributed by atoms with Crippen LogP contribution in [0.4, 0.5) is 0 Å². The van der Waals surface area contributed by atoms with Crippen molar-refractivity contribution < 1.29 is 4.42 Å². The number of nitrogens with zero attached hydrogens (tertiary/aromatic N) is 5. The molecule has 0 amide bonds. The Labute approximate surface area is 160 Å². The Morgan fingerprint density at radius 1 is 1.19 bits per heavy atom. The van der Waals surface area contributed by atoms with E-state index in [1.165, 1.54) is 11.8 Å². The van der Waals surface area contributed by atoms with Gasteiger partial charge in [0.15, 0.2) is 0 Å². The van der Waals surface area contributed by atoms with Crippen molar-refractivity contribution in [3.05, 3.63) is 78.1 Å². The van der Waals surface area contributed by atoms with E-state index in [9.17, 15) is 0 Å². The largest absolute Gasteiger partial charge is 0.411 e. The van der Waals surface area contributed by atoms with Crippen LogP contribution in [0, 0.1) is 0 Å². The van der Waals surface area contributed by atoms with E-state index in [4.69, 9.17) is 16.0 Å². The maximum Gasteiger partial charge on any atom is 0.277 e.